The van der Waals surface area contributed by atoms with Gasteiger partial charge in [-0.05, 0) is 24.2 Å². The lowest BCUT2D eigenvalue weighted by Gasteiger charge is -2.08. The van der Waals surface area contributed by atoms with Gasteiger partial charge >= 0.3 is 0 Å². The third-order valence-corrected chi connectivity index (χ3v) is 2.72. The number of aromatic nitrogens is 2. The van der Waals surface area contributed by atoms with Crippen LogP contribution >= 0.6 is 0 Å². The van der Waals surface area contributed by atoms with Crippen molar-refractivity contribution < 1.29 is 9.26 Å². The Kier molecular flexibility index (Phi) is 3.36. The topological polar surface area (TPSA) is 77.4 Å². The summed E-state index contributed by atoms with van der Waals surface area (Å²) < 4.78 is 10.3. The highest BCUT2D eigenvalue weighted by Crippen LogP contribution is 2.28. The SMILES string of the molecule is CCN(C)c1noc(-c2ccc(OC)cc2N)n1. The molecule has 0 spiro atoms. The van der Waals surface area contributed by atoms with Gasteiger partial charge in [-0.15, -0.1) is 0 Å². The number of benzene rings is 1. The molecule has 0 radical (unpaired) electrons. The summed E-state index contributed by atoms with van der Waals surface area (Å²) in [6.07, 6.45) is 0. The molecule has 0 aliphatic heterocycles. The molecule has 1 aromatic carbocycles. The zero-order valence-electron chi connectivity index (χ0n) is 10.7. The zero-order chi connectivity index (χ0) is 13.1. The maximum atomic E-state index is 5.93. The molecule has 6 nitrogen and oxygen atoms in total. The molecule has 0 saturated carbocycles. The summed E-state index contributed by atoms with van der Waals surface area (Å²) in [5, 5.41) is 3.90. The average molecular weight is 248 g/mol. The minimum atomic E-state index is 0.408. The van der Waals surface area contributed by atoms with Crippen molar-refractivity contribution in [2.24, 2.45) is 0 Å². The average Bonchev–Trinajstić information content (AvgIpc) is 2.87. The Morgan fingerprint density at radius 3 is 2.83 bits per heavy atom. The number of methoxy groups -OCH3 is 1. The van der Waals surface area contributed by atoms with Gasteiger partial charge in [0.1, 0.15) is 5.75 Å². The molecule has 0 amide bonds. The molecule has 2 aromatic rings. The molecule has 0 bridgehead atoms. The highest BCUT2D eigenvalue weighted by molar-refractivity contribution is 5.72. The first-order valence-electron chi connectivity index (χ1n) is 5.64. The Balaban J connectivity index is 2.34. The van der Waals surface area contributed by atoms with Crippen LogP contribution in [0.4, 0.5) is 11.6 Å². The van der Waals surface area contributed by atoms with Gasteiger partial charge in [-0.1, -0.05) is 0 Å². The van der Waals surface area contributed by atoms with E-state index >= 15 is 0 Å². The van der Waals surface area contributed by atoms with E-state index < -0.39 is 0 Å². The number of nitrogens with zero attached hydrogens (tertiary/aromatic N) is 3. The molecule has 1 aromatic heterocycles. The van der Waals surface area contributed by atoms with Crippen LogP contribution in [0, 0.1) is 0 Å². The number of hydrogen-bond acceptors (Lipinski definition) is 6. The summed E-state index contributed by atoms with van der Waals surface area (Å²) in [7, 11) is 3.49. The minimum Gasteiger partial charge on any atom is -0.497 e. The predicted octanol–water partition coefficient (Wildman–Crippen LogP) is 1.78. The maximum Gasteiger partial charge on any atom is 0.266 e. The number of nitrogen functional groups attached to an aromatic ring is 1. The molecule has 6 heteroatoms. The minimum absolute atomic E-state index is 0.408. The third kappa shape index (κ3) is 2.22. The fourth-order valence-electron chi connectivity index (χ4n) is 1.48. The van der Waals surface area contributed by atoms with Crippen molar-refractivity contribution >= 4 is 11.6 Å². The summed E-state index contributed by atoms with van der Waals surface area (Å²) in [4.78, 5) is 6.18. The molecular formula is C12H16N4O2. The lowest BCUT2D eigenvalue weighted by Crippen LogP contribution is -2.16. The van der Waals surface area contributed by atoms with Crippen molar-refractivity contribution in [3.05, 3.63) is 18.2 Å². The summed E-state index contributed by atoms with van der Waals surface area (Å²) >= 11 is 0. The first kappa shape index (κ1) is 12.2. The third-order valence-electron chi connectivity index (χ3n) is 2.72. The molecule has 0 unspecified atom stereocenters. The van der Waals surface area contributed by atoms with Crippen molar-refractivity contribution in [1.82, 2.24) is 10.1 Å². The summed E-state index contributed by atoms with van der Waals surface area (Å²) in [6, 6.07) is 5.33. The van der Waals surface area contributed by atoms with Crippen LogP contribution in [0.25, 0.3) is 11.5 Å². The molecule has 0 atom stereocenters. The van der Waals surface area contributed by atoms with E-state index in [-0.39, 0.29) is 0 Å². The largest absolute Gasteiger partial charge is 0.497 e. The highest BCUT2D eigenvalue weighted by Gasteiger charge is 2.14. The van der Waals surface area contributed by atoms with Crippen LogP contribution in [0.5, 0.6) is 5.75 Å². The van der Waals surface area contributed by atoms with Crippen LogP contribution in [-0.4, -0.2) is 30.8 Å². The number of rotatable bonds is 4. The fraction of sp³-hybridized carbons (Fsp3) is 0.333. The second-order valence-electron chi connectivity index (χ2n) is 3.87. The molecule has 2 rings (SSSR count). The van der Waals surface area contributed by atoms with Crippen molar-refractivity contribution in [2.75, 3.05) is 31.3 Å². The van der Waals surface area contributed by atoms with E-state index in [1.54, 1.807) is 25.3 Å². The van der Waals surface area contributed by atoms with Crippen LogP contribution < -0.4 is 15.4 Å². The molecular weight excluding hydrogens is 232 g/mol. The van der Waals surface area contributed by atoms with Crippen molar-refractivity contribution in [3.63, 3.8) is 0 Å². The second kappa shape index (κ2) is 4.95. The monoisotopic (exact) mass is 248 g/mol. The Morgan fingerprint density at radius 2 is 2.22 bits per heavy atom. The quantitative estimate of drug-likeness (QED) is 0.831. The van der Waals surface area contributed by atoms with E-state index in [1.807, 2.05) is 18.9 Å². The molecule has 96 valence electrons. The standard InChI is InChI=1S/C12H16N4O2/c1-4-16(2)12-14-11(18-15-12)9-6-5-8(17-3)7-10(9)13/h5-7H,4,13H2,1-3H3. The first-order chi connectivity index (χ1) is 8.65. The van der Waals surface area contributed by atoms with Crippen molar-refractivity contribution in [3.8, 4) is 17.2 Å². The Hall–Kier alpha value is -2.24. The van der Waals surface area contributed by atoms with Gasteiger partial charge in [0, 0.05) is 25.3 Å². The predicted molar refractivity (Wildman–Crippen MR) is 69.6 cm³/mol. The Labute approximate surface area is 105 Å². The summed E-state index contributed by atoms with van der Waals surface area (Å²) in [6.45, 7) is 2.81. The summed E-state index contributed by atoms with van der Waals surface area (Å²) in [5.74, 6) is 1.65. The fourth-order valence-corrected chi connectivity index (χ4v) is 1.48. The van der Waals surface area contributed by atoms with Gasteiger partial charge in [-0.3, -0.25) is 0 Å². The van der Waals surface area contributed by atoms with Crippen LogP contribution in [0.15, 0.2) is 22.7 Å². The first-order valence-corrected chi connectivity index (χ1v) is 5.64. The van der Waals surface area contributed by atoms with Crippen molar-refractivity contribution in [2.45, 2.75) is 6.92 Å². The lowest BCUT2D eigenvalue weighted by atomic mass is 10.2. The van der Waals surface area contributed by atoms with Gasteiger partial charge in [0.25, 0.3) is 11.8 Å². The molecule has 0 aliphatic rings. The number of anilines is 2. The van der Waals surface area contributed by atoms with Crippen LogP contribution in [0.2, 0.25) is 0 Å². The van der Waals surface area contributed by atoms with Gasteiger partial charge in [0.05, 0.1) is 12.7 Å². The highest BCUT2D eigenvalue weighted by atomic mass is 16.5. The van der Waals surface area contributed by atoms with E-state index in [9.17, 15) is 0 Å². The van der Waals surface area contributed by atoms with Gasteiger partial charge in [0.15, 0.2) is 0 Å². The van der Waals surface area contributed by atoms with Gasteiger partial charge in [-0.2, -0.15) is 4.98 Å². The molecule has 0 aliphatic carbocycles. The van der Waals surface area contributed by atoms with E-state index in [4.69, 9.17) is 15.0 Å². The normalized spacial score (nSPS) is 10.4. The maximum absolute atomic E-state index is 5.93. The Morgan fingerprint density at radius 1 is 1.44 bits per heavy atom. The van der Waals surface area contributed by atoms with Crippen LogP contribution in [-0.2, 0) is 0 Å². The van der Waals surface area contributed by atoms with E-state index in [2.05, 4.69) is 10.1 Å². The summed E-state index contributed by atoms with van der Waals surface area (Å²) in [5.41, 5.74) is 7.18. The lowest BCUT2D eigenvalue weighted by molar-refractivity contribution is 0.414. The second-order valence-corrected chi connectivity index (χ2v) is 3.87. The van der Waals surface area contributed by atoms with Crippen LogP contribution in [0.1, 0.15) is 6.92 Å². The van der Waals surface area contributed by atoms with E-state index in [1.165, 1.54) is 0 Å². The van der Waals surface area contributed by atoms with Gasteiger partial charge in [-0.25, -0.2) is 0 Å². The van der Waals surface area contributed by atoms with E-state index in [0.29, 0.717) is 28.8 Å². The molecule has 2 N–H and O–H groups in total. The zero-order valence-corrected chi connectivity index (χ0v) is 10.7. The number of nitrogens with two attached hydrogens (primary N) is 1. The molecule has 18 heavy (non-hydrogen) atoms. The molecule has 1 heterocycles. The van der Waals surface area contributed by atoms with Crippen LogP contribution in [0.3, 0.4) is 0 Å². The van der Waals surface area contributed by atoms with Crippen molar-refractivity contribution in [1.29, 1.82) is 0 Å². The van der Waals surface area contributed by atoms with E-state index in [0.717, 1.165) is 6.54 Å². The Bertz CT molecular complexity index is 539. The smallest absolute Gasteiger partial charge is 0.266 e. The van der Waals surface area contributed by atoms with Gasteiger partial charge < -0.3 is 19.9 Å². The molecule has 0 saturated heterocycles. The number of ether oxygens (including phenoxy) is 1. The van der Waals surface area contributed by atoms with Gasteiger partial charge in [0.2, 0.25) is 0 Å². The number of hydrogen-bond donors (Lipinski definition) is 1. The molecule has 0 fully saturated rings.